The van der Waals surface area contributed by atoms with E-state index in [0.29, 0.717) is 6.54 Å². The molecule has 5 heteroatoms. The van der Waals surface area contributed by atoms with E-state index < -0.39 is 12.1 Å². The summed E-state index contributed by atoms with van der Waals surface area (Å²) in [6.07, 6.45) is 2.69. The maximum Gasteiger partial charge on any atom is 0.313 e. The Labute approximate surface area is 142 Å². The summed E-state index contributed by atoms with van der Waals surface area (Å²) in [6.45, 7) is 2.65. The van der Waals surface area contributed by atoms with Crippen LogP contribution in [0.15, 0.2) is 54.9 Å². The van der Waals surface area contributed by atoms with Crippen LogP contribution in [0.2, 0.25) is 0 Å². The fraction of sp³-hybridized carbons (Fsp3) is 0.316. The van der Waals surface area contributed by atoms with Crippen molar-refractivity contribution in [1.29, 1.82) is 0 Å². The van der Waals surface area contributed by atoms with Gasteiger partial charge < -0.3 is 4.74 Å². The minimum absolute atomic E-state index is 0.203. The lowest BCUT2D eigenvalue weighted by atomic mass is 10.1. The van der Waals surface area contributed by atoms with Crippen molar-refractivity contribution in [2.75, 3.05) is 13.6 Å². The van der Waals surface area contributed by atoms with E-state index in [4.69, 9.17) is 4.74 Å². The zero-order valence-electron chi connectivity index (χ0n) is 14.0. The lowest BCUT2D eigenvalue weighted by Gasteiger charge is -2.24. The van der Waals surface area contributed by atoms with Gasteiger partial charge in [0.05, 0.1) is 0 Å². The van der Waals surface area contributed by atoms with Crippen molar-refractivity contribution in [3.05, 3.63) is 66.0 Å². The van der Waals surface area contributed by atoms with E-state index in [1.54, 1.807) is 12.4 Å². The molecule has 0 spiro atoms. The minimum atomic E-state index is -0.502. The monoisotopic (exact) mass is 326 g/mol. The lowest BCUT2D eigenvalue weighted by molar-refractivity contribution is -0.151. The van der Waals surface area contributed by atoms with Crippen molar-refractivity contribution >= 4 is 11.8 Å². The number of carbonyl (C=O) groups excluding carboxylic acids is 2. The van der Waals surface area contributed by atoms with E-state index in [-0.39, 0.29) is 12.2 Å². The summed E-state index contributed by atoms with van der Waals surface area (Å²) in [5.41, 5.74) is 2.05. The third-order valence-corrected chi connectivity index (χ3v) is 3.52. The van der Waals surface area contributed by atoms with Gasteiger partial charge in [0.1, 0.15) is 18.3 Å². The Bertz CT molecular complexity index is 659. The number of ketones is 1. The van der Waals surface area contributed by atoms with Crippen LogP contribution in [-0.4, -0.2) is 35.2 Å². The molecule has 0 bridgehead atoms. The zero-order chi connectivity index (χ0) is 17.4. The standard InChI is InChI=1S/C19H22N2O3/c1-15(22)12-19(23)24-18(17-8-10-20-11-9-17)14-21(2)13-16-6-4-3-5-7-16/h3-11,18H,12-14H2,1-2H3. The van der Waals surface area contributed by atoms with Crippen molar-refractivity contribution in [3.8, 4) is 0 Å². The number of esters is 1. The molecule has 0 amide bonds. The van der Waals surface area contributed by atoms with Crippen LogP contribution >= 0.6 is 0 Å². The minimum Gasteiger partial charge on any atom is -0.456 e. The Morgan fingerprint density at radius 2 is 1.79 bits per heavy atom. The number of ether oxygens (including phenoxy) is 1. The molecule has 1 aromatic carbocycles. The molecule has 1 atom stereocenters. The fourth-order valence-electron chi connectivity index (χ4n) is 2.44. The average molecular weight is 326 g/mol. The number of carbonyl (C=O) groups is 2. The molecular formula is C19H22N2O3. The third kappa shape index (κ3) is 5.93. The molecule has 2 aromatic rings. The fourth-order valence-corrected chi connectivity index (χ4v) is 2.44. The van der Waals surface area contributed by atoms with Gasteiger partial charge in [0.25, 0.3) is 0 Å². The molecule has 0 aliphatic heterocycles. The number of pyridine rings is 1. The van der Waals surface area contributed by atoms with Crippen LogP contribution in [0.4, 0.5) is 0 Å². The normalized spacial score (nSPS) is 12.0. The highest BCUT2D eigenvalue weighted by Crippen LogP contribution is 2.19. The van der Waals surface area contributed by atoms with Gasteiger partial charge >= 0.3 is 5.97 Å². The first-order chi connectivity index (χ1) is 11.5. The first-order valence-electron chi connectivity index (χ1n) is 7.86. The first-order valence-corrected chi connectivity index (χ1v) is 7.86. The number of aromatic nitrogens is 1. The van der Waals surface area contributed by atoms with Gasteiger partial charge in [0.15, 0.2) is 0 Å². The third-order valence-electron chi connectivity index (χ3n) is 3.52. The Balaban J connectivity index is 2.05. The molecule has 0 aliphatic carbocycles. The molecular weight excluding hydrogens is 304 g/mol. The quantitative estimate of drug-likeness (QED) is 0.551. The maximum atomic E-state index is 11.9. The Hall–Kier alpha value is -2.53. The van der Waals surface area contributed by atoms with Gasteiger partial charge in [-0.15, -0.1) is 0 Å². The van der Waals surface area contributed by atoms with Crippen molar-refractivity contribution < 1.29 is 14.3 Å². The van der Waals surface area contributed by atoms with Crippen molar-refractivity contribution in [3.63, 3.8) is 0 Å². The van der Waals surface area contributed by atoms with E-state index >= 15 is 0 Å². The molecule has 0 radical (unpaired) electrons. The van der Waals surface area contributed by atoms with Crippen LogP contribution < -0.4 is 0 Å². The topological polar surface area (TPSA) is 59.5 Å². The number of nitrogens with zero attached hydrogens (tertiary/aromatic N) is 2. The molecule has 1 unspecified atom stereocenters. The summed E-state index contributed by atoms with van der Waals surface area (Å²) >= 11 is 0. The van der Waals surface area contributed by atoms with Crippen LogP contribution in [0.3, 0.4) is 0 Å². The maximum absolute atomic E-state index is 11.9. The van der Waals surface area contributed by atoms with E-state index in [0.717, 1.165) is 12.1 Å². The van der Waals surface area contributed by atoms with E-state index in [1.807, 2.05) is 37.4 Å². The predicted octanol–water partition coefficient (Wildman–Crippen LogP) is 2.78. The summed E-state index contributed by atoms with van der Waals surface area (Å²) in [6, 6.07) is 13.7. The smallest absolute Gasteiger partial charge is 0.313 e. The Morgan fingerprint density at radius 1 is 1.12 bits per heavy atom. The predicted molar refractivity (Wildman–Crippen MR) is 91.1 cm³/mol. The number of likely N-dealkylation sites (N-methyl/N-ethyl adjacent to an activating group) is 1. The van der Waals surface area contributed by atoms with Crippen LogP contribution in [0.25, 0.3) is 0 Å². The largest absolute Gasteiger partial charge is 0.456 e. The highest BCUT2D eigenvalue weighted by Gasteiger charge is 2.19. The summed E-state index contributed by atoms with van der Waals surface area (Å²) in [5, 5.41) is 0. The van der Waals surface area contributed by atoms with Crippen molar-refractivity contribution in [2.45, 2.75) is 26.0 Å². The highest BCUT2D eigenvalue weighted by atomic mass is 16.5. The lowest BCUT2D eigenvalue weighted by Crippen LogP contribution is -2.27. The second kappa shape index (κ2) is 8.93. The molecule has 0 aliphatic rings. The van der Waals surface area contributed by atoms with Gasteiger partial charge in [-0.2, -0.15) is 0 Å². The molecule has 0 saturated carbocycles. The van der Waals surface area contributed by atoms with Crippen molar-refractivity contribution in [2.24, 2.45) is 0 Å². The second-order valence-electron chi connectivity index (χ2n) is 5.82. The molecule has 0 fully saturated rings. The van der Waals surface area contributed by atoms with Gasteiger partial charge in [-0.25, -0.2) is 0 Å². The van der Waals surface area contributed by atoms with Gasteiger partial charge in [-0.3, -0.25) is 19.5 Å². The van der Waals surface area contributed by atoms with Crippen LogP contribution in [0.5, 0.6) is 0 Å². The van der Waals surface area contributed by atoms with Gasteiger partial charge in [-0.1, -0.05) is 30.3 Å². The molecule has 5 nitrogen and oxygen atoms in total. The van der Waals surface area contributed by atoms with E-state index in [9.17, 15) is 9.59 Å². The van der Waals surface area contributed by atoms with Gasteiger partial charge in [-0.05, 0) is 37.2 Å². The molecule has 0 saturated heterocycles. The molecule has 0 N–H and O–H groups in total. The van der Waals surface area contributed by atoms with Crippen LogP contribution in [0.1, 0.15) is 30.6 Å². The van der Waals surface area contributed by atoms with E-state index in [2.05, 4.69) is 22.0 Å². The first kappa shape index (κ1) is 17.8. The van der Waals surface area contributed by atoms with Crippen molar-refractivity contribution in [1.82, 2.24) is 9.88 Å². The molecule has 24 heavy (non-hydrogen) atoms. The highest BCUT2D eigenvalue weighted by molar-refractivity contribution is 5.94. The molecule has 1 aromatic heterocycles. The average Bonchev–Trinajstić information content (AvgIpc) is 2.55. The number of hydrogen-bond donors (Lipinski definition) is 0. The van der Waals surface area contributed by atoms with E-state index in [1.165, 1.54) is 12.5 Å². The number of hydrogen-bond acceptors (Lipinski definition) is 5. The second-order valence-corrected chi connectivity index (χ2v) is 5.82. The number of Topliss-reactive ketones (excluding diaryl/α,β-unsaturated/α-hetero) is 1. The van der Waals surface area contributed by atoms with Gasteiger partial charge in [0.2, 0.25) is 0 Å². The molecule has 2 rings (SSSR count). The number of rotatable bonds is 8. The van der Waals surface area contributed by atoms with Gasteiger partial charge in [0, 0.05) is 25.5 Å². The zero-order valence-corrected chi connectivity index (χ0v) is 14.0. The Morgan fingerprint density at radius 3 is 2.42 bits per heavy atom. The number of benzene rings is 1. The molecule has 126 valence electrons. The summed E-state index contributed by atoms with van der Waals surface area (Å²) in [4.78, 5) is 29.1. The SMILES string of the molecule is CC(=O)CC(=O)OC(CN(C)Cc1ccccc1)c1ccncc1. The summed E-state index contributed by atoms with van der Waals surface area (Å²) < 4.78 is 5.53. The summed E-state index contributed by atoms with van der Waals surface area (Å²) in [5.74, 6) is -0.705. The summed E-state index contributed by atoms with van der Waals surface area (Å²) in [7, 11) is 1.97. The van der Waals surface area contributed by atoms with Crippen LogP contribution in [-0.2, 0) is 20.9 Å². The van der Waals surface area contributed by atoms with Crippen LogP contribution in [0, 0.1) is 0 Å². The molecule has 1 heterocycles. The Kier molecular flexibility index (Phi) is 6.63.